The fourth-order valence-electron chi connectivity index (χ4n) is 1.01. The zero-order valence-corrected chi connectivity index (χ0v) is 8.67. The molecule has 0 spiro atoms. The summed E-state index contributed by atoms with van der Waals surface area (Å²) in [7, 11) is -3.68. The average molecular weight is 236 g/mol. The molecular formula is C7H6ClNO4S. The molecule has 0 N–H and O–H groups in total. The highest BCUT2D eigenvalue weighted by atomic mass is 35.5. The highest BCUT2D eigenvalue weighted by Crippen LogP contribution is 2.30. The minimum atomic E-state index is -3.68. The topological polar surface area (TPSA) is 77.3 Å². The molecule has 7 heteroatoms. The van der Waals surface area contributed by atoms with Gasteiger partial charge >= 0.3 is 0 Å². The van der Waals surface area contributed by atoms with E-state index in [-0.39, 0.29) is 5.02 Å². The molecule has 0 bridgehead atoms. The number of nitrogens with zero attached hydrogens (tertiary/aromatic N) is 1. The van der Waals surface area contributed by atoms with Crippen LogP contribution in [0.2, 0.25) is 5.02 Å². The van der Waals surface area contributed by atoms with Gasteiger partial charge in [-0.2, -0.15) is 0 Å². The smallest absolute Gasteiger partial charge is 0.258 e. The Morgan fingerprint density at radius 3 is 2.36 bits per heavy atom. The van der Waals surface area contributed by atoms with Gasteiger partial charge in [0, 0.05) is 12.3 Å². The van der Waals surface area contributed by atoms with E-state index in [0.29, 0.717) is 0 Å². The molecule has 14 heavy (non-hydrogen) atoms. The highest BCUT2D eigenvalue weighted by molar-refractivity contribution is 7.91. The van der Waals surface area contributed by atoms with Crippen molar-refractivity contribution in [3.63, 3.8) is 0 Å². The first-order valence-electron chi connectivity index (χ1n) is 3.47. The van der Waals surface area contributed by atoms with E-state index in [0.717, 1.165) is 12.3 Å². The third kappa shape index (κ3) is 2.02. The second-order valence-electron chi connectivity index (χ2n) is 2.62. The van der Waals surface area contributed by atoms with Crippen LogP contribution in [0.4, 0.5) is 5.69 Å². The molecule has 0 aromatic heterocycles. The lowest BCUT2D eigenvalue weighted by Crippen LogP contribution is -2.03. The third-order valence-corrected chi connectivity index (χ3v) is 3.11. The summed E-state index contributed by atoms with van der Waals surface area (Å²) in [6, 6.07) is 3.72. The van der Waals surface area contributed by atoms with Gasteiger partial charge in [0.05, 0.1) is 9.95 Å². The second-order valence-corrected chi connectivity index (χ2v) is 4.98. The molecular weight excluding hydrogens is 230 g/mol. The molecule has 0 saturated heterocycles. The van der Waals surface area contributed by atoms with Crippen molar-refractivity contribution in [1.29, 1.82) is 0 Å². The van der Waals surface area contributed by atoms with Crippen molar-refractivity contribution >= 4 is 27.1 Å². The van der Waals surface area contributed by atoms with Gasteiger partial charge in [-0.1, -0.05) is 17.7 Å². The van der Waals surface area contributed by atoms with E-state index in [2.05, 4.69) is 0 Å². The molecule has 1 rings (SSSR count). The summed E-state index contributed by atoms with van der Waals surface area (Å²) in [5.41, 5.74) is -0.500. The Morgan fingerprint density at radius 2 is 2.00 bits per heavy atom. The molecule has 5 nitrogen and oxygen atoms in total. The Labute approximate surface area is 85.4 Å². The highest BCUT2D eigenvalue weighted by Gasteiger charge is 2.24. The number of benzene rings is 1. The van der Waals surface area contributed by atoms with Crippen LogP contribution in [0, 0.1) is 10.1 Å². The van der Waals surface area contributed by atoms with Crippen LogP contribution < -0.4 is 0 Å². The third-order valence-electron chi connectivity index (χ3n) is 1.51. The van der Waals surface area contributed by atoms with Gasteiger partial charge in [-0.25, -0.2) is 8.42 Å². The number of rotatable bonds is 2. The summed E-state index contributed by atoms with van der Waals surface area (Å²) >= 11 is 5.57. The molecule has 76 valence electrons. The Balaban J connectivity index is 3.62. The van der Waals surface area contributed by atoms with E-state index in [4.69, 9.17) is 11.6 Å². The molecule has 0 unspecified atom stereocenters. The van der Waals surface area contributed by atoms with Crippen LogP contribution in [0.15, 0.2) is 23.1 Å². The van der Waals surface area contributed by atoms with E-state index < -0.39 is 25.3 Å². The van der Waals surface area contributed by atoms with Gasteiger partial charge in [0.25, 0.3) is 5.69 Å². The number of nitro groups is 1. The number of hydrogen-bond acceptors (Lipinski definition) is 4. The minimum Gasteiger partial charge on any atom is -0.258 e. The lowest BCUT2D eigenvalue weighted by Gasteiger charge is -2.01. The summed E-state index contributed by atoms with van der Waals surface area (Å²) < 4.78 is 22.4. The van der Waals surface area contributed by atoms with Gasteiger partial charge < -0.3 is 0 Å². The predicted molar refractivity (Wildman–Crippen MR) is 51.2 cm³/mol. The molecule has 0 aliphatic rings. The van der Waals surface area contributed by atoms with E-state index in [1.165, 1.54) is 12.1 Å². The normalized spacial score (nSPS) is 11.3. The van der Waals surface area contributed by atoms with Crippen molar-refractivity contribution in [3.05, 3.63) is 33.3 Å². The Hall–Kier alpha value is -1.14. The van der Waals surface area contributed by atoms with Gasteiger partial charge in [0.1, 0.15) is 0 Å². The average Bonchev–Trinajstić information content (AvgIpc) is 2.01. The zero-order chi connectivity index (χ0) is 10.9. The molecule has 0 fully saturated rings. The first kappa shape index (κ1) is 10.9. The predicted octanol–water partition coefficient (Wildman–Crippen LogP) is 1.65. The SMILES string of the molecule is CS(=O)(=O)c1c(Cl)cccc1[N+](=O)[O-]. The van der Waals surface area contributed by atoms with Crippen molar-refractivity contribution in [2.75, 3.05) is 6.26 Å². The fraction of sp³-hybridized carbons (Fsp3) is 0.143. The Kier molecular flexibility index (Phi) is 2.77. The van der Waals surface area contributed by atoms with Crippen molar-refractivity contribution in [2.24, 2.45) is 0 Å². The summed E-state index contributed by atoms with van der Waals surface area (Å²) in [6.07, 6.45) is 0.876. The van der Waals surface area contributed by atoms with Gasteiger partial charge in [0.15, 0.2) is 14.7 Å². The quantitative estimate of drug-likeness (QED) is 0.577. The summed E-state index contributed by atoms with van der Waals surface area (Å²) in [6.45, 7) is 0. The van der Waals surface area contributed by atoms with Crippen molar-refractivity contribution in [2.45, 2.75) is 4.90 Å². The maximum absolute atomic E-state index is 11.2. The second kappa shape index (κ2) is 3.55. The number of nitro benzene ring substituents is 1. The summed E-state index contributed by atoms with van der Waals surface area (Å²) in [5.74, 6) is 0. The molecule has 0 radical (unpaired) electrons. The Bertz CT molecular complexity index is 482. The maximum Gasteiger partial charge on any atom is 0.289 e. The van der Waals surface area contributed by atoms with Gasteiger partial charge in [-0.3, -0.25) is 10.1 Å². The van der Waals surface area contributed by atoms with E-state index in [1.54, 1.807) is 0 Å². The summed E-state index contributed by atoms with van der Waals surface area (Å²) in [5, 5.41) is 10.4. The van der Waals surface area contributed by atoms with Crippen molar-refractivity contribution in [3.8, 4) is 0 Å². The maximum atomic E-state index is 11.2. The number of hydrogen-bond donors (Lipinski definition) is 0. The standard InChI is InChI=1S/C7H6ClNO4S/c1-14(12,13)7-5(8)3-2-4-6(7)9(10)11/h2-4H,1H3. The molecule has 0 atom stereocenters. The molecule has 1 aromatic carbocycles. The summed E-state index contributed by atoms with van der Waals surface area (Å²) in [4.78, 5) is 9.29. The van der Waals surface area contributed by atoms with Crippen LogP contribution in [0.5, 0.6) is 0 Å². The first-order chi connectivity index (χ1) is 6.34. The lowest BCUT2D eigenvalue weighted by molar-refractivity contribution is -0.387. The molecule has 0 aliphatic heterocycles. The molecule has 1 aromatic rings. The monoisotopic (exact) mass is 235 g/mol. The molecule has 0 aliphatic carbocycles. The van der Waals surface area contributed by atoms with E-state index in [9.17, 15) is 18.5 Å². The lowest BCUT2D eigenvalue weighted by atomic mass is 10.3. The van der Waals surface area contributed by atoms with Crippen LogP contribution in [-0.2, 0) is 9.84 Å². The zero-order valence-electron chi connectivity index (χ0n) is 7.10. The van der Waals surface area contributed by atoms with Gasteiger partial charge in [-0.15, -0.1) is 0 Å². The van der Waals surface area contributed by atoms with Crippen LogP contribution in [-0.4, -0.2) is 19.6 Å². The van der Waals surface area contributed by atoms with Crippen molar-refractivity contribution in [1.82, 2.24) is 0 Å². The van der Waals surface area contributed by atoms with E-state index >= 15 is 0 Å². The van der Waals surface area contributed by atoms with Crippen LogP contribution in [0.25, 0.3) is 0 Å². The minimum absolute atomic E-state index is 0.137. The largest absolute Gasteiger partial charge is 0.289 e. The van der Waals surface area contributed by atoms with E-state index in [1.807, 2.05) is 0 Å². The Morgan fingerprint density at radius 1 is 1.43 bits per heavy atom. The molecule has 0 saturated carbocycles. The fourth-order valence-corrected chi connectivity index (χ4v) is 2.54. The first-order valence-corrected chi connectivity index (χ1v) is 5.74. The molecule has 0 heterocycles. The van der Waals surface area contributed by atoms with Gasteiger partial charge in [-0.05, 0) is 6.07 Å². The van der Waals surface area contributed by atoms with Crippen LogP contribution in [0.3, 0.4) is 0 Å². The van der Waals surface area contributed by atoms with Crippen molar-refractivity contribution < 1.29 is 13.3 Å². The van der Waals surface area contributed by atoms with Gasteiger partial charge in [0.2, 0.25) is 0 Å². The van der Waals surface area contributed by atoms with Crippen LogP contribution >= 0.6 is 11.6 Å². The molecule has 0 amide bonds. The number of halogens is 1. The number of sulfone groups is 1. The van der Waals surface area contributed by atoms with Crippen LogP contribution in [0.1, 0.15) is 0 Å².